The van der Waals surface area contributed by atoms with Crippen molar-refractivity contribution in [1.29, 1.82) is 0 Å². The van der Waals surface area contributed by atoms with Gasteiger partial charge in [0.2, 0.25) is 5.89 Å². The molecule has 1 aromatic heterocycles. The number of hydrogen-bond donors (Lipinski definition) is 2. The minimum Gasteiger partial charge on any atom is -0.507 e. The largest absolute Gasteiger partial charge is 0.507 e. The summed E-state index contributed by atoms with van der Waals surface area (Å²) in [4.78, 5) is 16.6. The summed E-state index contributed by atoms with van der Waals surface area (Å²) in [7, 11) is 0. The second-order valence-electron chi connectivity index (χ2n) is 6.32. The van der Waals surface area contributed by atoms with E-state index in [-0.39, 0.29) is 24.2 Å². The SMILES string of the molecule is Cc1ccccc1OCC(=O)Nc1ccc(O)c(-c2nc3ccccc3o2)c1. The van der Waals surface area contributed by atoms with Crippen LogP contribution in [0.2, 0.25) is 0 Å². The van der Waals surface area contributed by atoms with Crippen molar-refractivity contribution in [2.24, 2.45) is 0 Å². The molecule has 0 bridgehead atoms. The summed E-state index contributed by atoms with van der Waals surface area (Å²) in [6.07, 6.45) is 0. The number of carbonyl (C=O) groups is 1. The molecular weight excluding hydrogens is 356 g/mol. The van der Waals surface area contributed by atoms with Crippen molar-refractivity contribution in [2.45, 2.75) is 6.92 Å². The molecule has 0 saturated carbocycles. The number of nitrogens with one attached hydrogen (secondary N) is 1. The number of carbonyl (C=O) groups excluding carboxylic acids is 1. The number of ether oxygens (including phenoxy) is 1. The molecule has 0 atom stereocenters. The number of hydrogen-bond acceptors (Lipinski definition) is 5. The van der Waals surface area contributed by atoms with E-state index in [9.17, 15) is 9.90 Å². The molecule has 0 aliphatic rings. The number of amides is 1. The fraction of sp³-hybridized carbons (Fsp3) is 0.0909. The highest BCUT2D eigenvalue weighted by atomic mass is 16.5. The standard InChI is InChI=1S/C22H18N2O4/c1-14-6-2-4-8-19(14)27-13-21(26)23-15-10-11-18(25)16(12-15)22-24-17-7-3-5-9-20(17)28-22/h2-12,25H,13H2,1H3,(H,23,26). The number of para-hydroxylation sites is 3. The molecule has 2 N–H and O–H groups in total. The van der Waals surface area contributed by atoms with Gasteiger partial charge in [-0.15, -0.1) is 0 Å². The van der Waals surface area contributed by atoms with E-state index >= 15 is 0 Å². The average Bonchev–Trinajstić information content (AvgIpc) is 3.13. The quantitative estimate of drug-likeness (QED) is 0.502. The normalized spacial score (nSPS) is 10.8. The van der Waals surface area contributed by atoms with Gasteiger partial charge in [0.05, 0.1) is 5.56 Å². The van der Waals surface area contributed by atoms with E-state index in [2.05, 4.69) is 10.3 Å². The van der Waals surface area contributed by atoms with Gasteiger partial charge in [-0.1, -0.05) is 30.3 Å². The minimum atomic E-state index is -0.308. The summed E-state index contributed by atoms with van der Waals surface area (Å²) < 4.78 is 11.3. The van der Waals surface area contributed by atoms with Crippen LogP contribution in [0.15, 0.2) is 71.1 Å². The zero-order valence-electron chi connectivity index (χ0n) is 15.2. The Labute approximate surface area is 161 Å². The lowest BCUT2D eigenvalue weighted by molar-refractivity contribution is -0.118. The van der Waals surface area contributed by atoms with Crippen LogP contribution < -0.4 is 10.1 Å². The summed E-state index contributed by atoms with van der Waals surface area (Å²) in [6, 6.07) is 19.5. The number of benzene rings is 3. The van der Waals surface area contributed by atoms with E-state index in [0.29, 0.717) is 28.1 Å². The second kappa shape index (κ2) is 7.44. The van der Waals surface area contributed by atoms with E-state index in [1.165, 1.54) is 6.07 Å². The van der Waals surface area contributed by atoms with E-state index in [1.807, 2.05) is 49.4 Å². The first-order valence-electron chi connectivity index (χ1n) is 8.77. The molecule has 1 amide bonds. The van der Waals surface area contributed by atoms with Crippen molar-refractivity contribution in [3.05, 3.63) is 72.3 Å². The van der Waals surface area contributed by atoms with Gasteiger partial charge in [0.25, 0.3) is 5.91 Å². The number of phenolic OH excluding ortho intramolecular Hbond substituents is 1. The Morgan fingerprint density at radius 2 is 1.89 bits per heavy atom. The van der Waals surface area contributed by atoms with E-state index in [4.69, 9.17) is 9.15 Å². The summed E-state index contributed by atoms with van der Waals surface area (Å²) >= 11 is 0. The van der Waals surface area contributed by atoms with Crippen molar-refractivity contribution >= 4 is 22.7 Å². The Kier molecular flexibility index (Phi) is 4.68. The monoisotopic (exact) mass is 374 g/mol. The number of aromatic nitrogens is 1. The summed E-state index contributed by atoms with van der Waals surface area (Å²) in [6.45, 7) is 1.80. The van der Waals surface area contributed by atoms with Gasteiger partial charge in [-0.3, -0.25) is 4.79 Å². The lowest BCUT2D eigenvalue weighted by Crippen LogP contribution is -2.20. The molecule has 4 rings (SSSR count). The van der Waals surface area contributed by atoms with Gasteiger partial charge in [-0.2, -0.15) is 0 Å². The first-order chi connectivity index (χ1) is 13.6. The van der Waals surface area contributed by atoms with Crippen molar-refractivity contribution in [1.82, 2.24) is 4.98 Å². The van der Waals surface area contributed by atoms with Gasteiger partial charge in [0, 0.05) is 5.69 Å². The highest BCUT2D eigenvalue weighted by Gasteiger charge is 2.14. The maximum Gasteiger partial charge on any atom is 0.262 e. The smallest absolute Gasteiger partial charge is 0.262 e. The van der Waals surface area contributed by atoms with Crippen LogP contribution in [0.25, 0.3) is 22.6 Å². The van der Waals surface area contributed by atoms with Gasteiger partial charge in [0.15, 0.2) is 12.2 Å². The van der Waals surface area contributed by atoms with Crippen LogP contribution in [0.1, 0.15) is 5.56 Å². The Bertz CT molecular complexity index is 1120. The summed E-state index contributed by atoms with van der Waals surface area (Å²) in [5.41, 5.74) is 3.18. The zero-order chi connectivity index (χ0) is 19.5. The molecule has 140 valence electrons. The number of aromatic hydroxyl groups is 1. The predicted octanol–water partition coefficient (Wildman–Crippen LogP) is 4.53. The molecule has 6 heteroatoms. The van der Waals surface area contributed by atoms with E-state index in [0.717, 1.165) is 5.56 Å². The third kappa shape index (κ3) is 3.66. The third-order valence-electron chi connectivity index (χ3n) is 4.26. The minimum absolute atomic E-state index is 0.0146. The number of rotatable bonds is 5. The van der Waals surface area contributed by atoms with Crippen molar-refractivity contribution in [3.63, 3.8) is 0 Å². The molecule has 4 aromatic rings. The predicted molar refractivity (Wildman–Crippen MR) is 106 cm³/mol. The van der Waals surface area contributed by atoms with Crippen molar-refractivity contribution in [2.75, 3.05) is 11.9 Å². The number of nitrogens with zero attached hydrogens (tertiary/aromatic N) is 1. The zero-order valence-corrected chi connectivity index (χ0v) is 15.2. The fourth-order valence-electron chi connectivity index (χ4n) is 2.83. The molecule has 28 heavy (non-hydrogen) atoms. The van der Waals surface area contributed by atoms with Gasteiger partial charge in [-0.25, -0.2) is 4.98 Å². The molecule has 0 unspecified atom stereocenters. The Hall–Kier alpha value is -3.80. The summed E-state index contributed by atoms with van der Waals surface area (Å²) in [5.74, 6) is 0.652. The van der Waals surface area contributed by atoms with Crippen LogP contribution in [-0.4, -0.2) is 22.6 Å². The maximum absolute atomic E-state index is 12.2. The molecule has 0 aliphatic carbocycles. The first-order valence-corrected chi connectivity index (χ1v) is 8.77. The lowest BCUT2D eigenvalue weighted by Gasteiger charge is -2.10. The topological polar surface area (TPSA) is 84.6 Å². The third-order valence-corrected chi connectivity index (χ3v) is 4.26. The average molecular weight is 374 g/mol. The number of fused-ring (bicyclic) bond motifs is 1. The van der Waals surface area contributed by atoms with Crippen molar-refractivity contribution in [3.8, 4) is 23.0 Å². The van der Waals surface area contributed by atoms with E-state index in [1.54, 1.807) is 18.2 Å². The molecular formula is C22H18N2O4. The maximum atomic E-state index is 12.2. The molecule has 0 radical (unpaired) electrons. The molecule has 3 aromatic carbocycles. The van der Waals surface area contributed by atoms with Crippen LogP contribution in [-0.2, 0) is 4.79 Å². The molecule has 6 nitrogen and oxygen atoms in total. The lowest BCUT2D eigenvalue weighted by atomic mass is 10.1. The molecule has 0 spiro atoms. The van der Waals surface area contributed by atoms with Crippen LogP contribution in [0.5, 0.6) is 11.5 Å². The van der Waals surface area contributed by atoms with Gasteiger partial charge >= 0.3 is 0 Å². The van der Waals surface area contributed by atoms with Crippen LogP contribution in [0.3, 0.4) is 0 Å². The Morgan fingerprint density at radius 3 is 2.71 bits per heavy atom. The number of aryl methyl sites for hydroxylation is 1. The number of phenols is 1. The summed E-state index contributed by atoms with van der Waals surface area (Å²) in [5, 5.41) is 13.0. The van der Waals surface area contributed by atoms with Crippen LogP contribution >= 0.6 is 0 Å². The molecule has 0 fully saturated rings. The van der Waals surface area contributed by atoms with Crippen molar-refractivity contribution < 1.29 is 19.1 Å². The van der Waals surface area contributed by atoms with Crippen LogP contribution in [0.4, 0.5) is 5.69 Å². The van der Waals surface area contributed by atoms with Gasteiger partial charge in [-0.05, 0) is 48.9 Å². The Morgan fingerprint density at radius 1 is 1.11 bits per heavy atom. The number of anilines is 1. The van der Waals surface area contributed by atoms with E-state index < -0.39 is 0 Å². The van der Waals surface area contributed by atoms with Gasteiger partial charge < -0.3 is 19.6 Å². The van der Waals surface area contributed by atoms with Crippen LogP contribution in [0, 0.1) is 6.92 Å². The second-order valence-corrected chi connectivity index (χ2v) is 6.32. The molecule has 0 aliphatic heterocycles. The Balaban J connectivity index is 1.50. The molecule has 0 saturated heterocycles. The highest BCUT2D eigenvalue weighted by molar-refractivity contribution is 5.93. The molecule has 1 heterocycles. The highest BCUT2D eigenvalue weighted by Crippen LogP contribution is 2.33. The number of oxazole rings is 1. The fourth-order valence-corrected chi connectivity index (χ4v) is 2.83. The van der Waals surface area contributed by atoms with Gasteiger partial charge in [0.1, 0.15) is 17.0 Å². The first kappa shape index (κ1) is 17.6.